The molecule has 4 rings (SSSR count). The number of benzene rings is 2. The van der Waals surface area contributed by atoms with Crippen molar-refractivity contribution in [3.8, 4) is 5.75 Å². The van der Waals surface area contributed by atoms with E-state index >= 15 is 0 Å². The van der Waals surface area contributed by atoms with E-state index in [4.69, 9.17) is 9.26 Å². The topological polar surface area (TPSA) is 67.6 Å². The molecule has 2 aromatic carbocycles. The van der Waals surface area contributed by atoms with Crippen LogP contribution in [0.25, 0.3) is 11.0 Å². The summed E-state index contributed by atoms with van der Waals surface area (Å²) in [5.74, 6) is 0.732. The minimum atomic E-state index is -0.305. The molecule has 6 nitrogen and oxygen atoms in total. The summed E-state index contributed by atoms with van der Waals surface area (Å²) in [5, 5.41) is 8.13. The maximum atomic E-state index is 13.4. The van der Waals surface area contributed by atoms with Gasteiger partial charge in [0.05, 0.1) is 17.9 Å². The number of fused-ring (bicyclic) bond motifs is 1. The van der Waals surface area contributed by atoms with E-state index in [2.05, 4.69) is 21.4 Å². The number of likely N-dealkylation sites (tertiary alicyclic amines) is 1. The fourth-order valence-corrected chi connectivity index (χ4v) is 4.26. The van der Waals surface area contributed by atoms with Gasteiger partial charge in [-0.25, -0.2) is 4.39 Å². The van der Waals surface area contributed by atoms with E-state index in [1.165, 1.54) is 12.1 Å². The van der Waals surface area contributed by atoms with Crippen LogP contribution < -0.4 is 10.1 Å². The zero-order valence-electron chi connectivity index (χ0n) is 18.4. The number of Topliss-reactive ketones (excluding diaryl/α,β-unsaturated/α-hetero) is 1. The number of ether oxygens (including phenoxy) is 1. The molecule has 0 spiro atoms. The number of nitrogens with zero attached hydrogens (tertiary/aromatic N) is 2. The standard InChI is InChI=1S/C25H29FN3O3/c1-27-12-9-22(30)20-5-2-3-6-23(20)31-16-4-13-29-14-10-18(11-15-29)25-21-8-7-19(26)17-24(21)32-28-25/h3,5-8,17-18,27H,4,9-16H2,1H3. The summed E-state index contributed by atoms with van der Waals surface area (Å²) in [6.07, 6.45) is 3.33. The fraction of sp³-hybridized carbons (Fsp3) is 0.440. The summed E-state index contributed by atoms with van der Waals surface area (Å²) in [4.78, 5) is 14.8. The van der Waals surface area contributed by atoms with Gasteiger partial charge in [0, 0.05) is 36.9 Å². The molecular weight excluding hydrogens is 409 g/mol. The van der Waals surface area contributed by atoms with Gasteiger partial charge in [-0.05, 0) is 69.7 Å². The third kappa shape index (κ3) is 5.34. The summed E-state index contributed by atoms with van der Waals surface area (Å²) in [6, 6.07) is 12.9. The van der Waals surface area contributed by atoms with Crippen molar-refractivity contribution in [3.63, 3.8) is 0 Å². The quantitative estimate of drug-likeness (QED) is 0.378. The van der Waals surface area contributed by atoms with Crippen molar-refractivity contribution in [1.82, 2.24) is 15.4 Å². The molecule has 0 atom stereocenters. The number of carbonyl (C=O) groups is 1. The Kier molecular flexibility index (Phi) is 7.50. The van der Waals surface area contributed by atoms with Crippen LogP contribution in [-0.2, 0) is 0 Å². The summed E-state index contributed by atoms with van der Waals surface area (Å²) >= 11 is 0. The van der Waals surface area contributed by atoms with Gasteiger partial charge in [-0.3, -0.25) is 4.79 Å². The molecule has 32 heavy (non-hydrogen) atoms. The second-order valence-corrected chi connectivity index (χ2v) is 8.23. The first-order valence-electron chi connectivity index (χ1n) is 11.2. The number of rotatable bonds is 10. The van der Waals surface area contributed by atoms with E-state index in [1.807, 2.05) is 13.1 Å². The Morgan fingerprint density at radius 2 is 2.19 bits per heavy atom. The lowest BCUT2D eigenvalue weighted by atomic mass is 9.91. The largest absolute Gasteiger partial charge is 0.493 e. The van der Waals surface area contributed by atoms with Crippen molar-refractivity contribution >= 4 is 16.8 Å². The minimum absolute atomic E-state index is 0.0661. The highest BCUT2D eigenvalue weighted by Gasteiger charge is 2.25. The second kappa shape index (κ2) is 10.7. The Balaban J connectivity index is 1.23. The average Bonchev–Trinajstić information content (AvgIpc) is 3.24. The van der Waals surface area contributed by atoms with Gasteiger partial charge in [0.1, 0.15) is 11.6 Å². The predicted octanol–water partition coefficient (Wildman–Crippen LogP) is 4.21. The van der Waals surface area contributed by atoms with Gasteiger partial charge in [0.2, 0.25) is 0 Å². The monoisotopic (exact) mass is 438 g/mol. The second-order valence-electron chi connectivity index (χ2n) is 8.23. The van der Waals surface area contributed by atoms with Crippen molar-refractivity contribution in [2.24, 2.45) is 0 Å². The minimum Gasteiger partial charge on any atom is -0.493 e. The van der Waals surface area contributed by atoms with Gasteiger partial charge in [-0.2, -0.15) is 0 Å². The molecule has 2 heterocycles. The number of carbonyl (C=O) groups excluding carboxylic acids is 1. The molecule has 3 aromatic rings. The zero-order valence-corrected chi connectivity index (χ0v) is 18.4. The Morgan fingerprint density at radius 3 is 3.00 bits per heavy atom. The SMILES string of the molecule is CNCCC(=O)c1c[c]ccc1OCCCN1CCC(c2noc3cc(F)ccc23)CC1. The Hall–Kier alpha value is -2.77. The smallest absolute Gasteiger partial charge is 0.170 e. The number of ketones is 1. The van der Waals surface area contributed by atoms with Crippen LogP contribution in [0.4, 0.5) is 4.39 Å². The van der Waals surface area contributed by atoms with Crippen LogP contribution >= 0.6 is 0 Å². The molecule has 0 bridgehead atoms. The molecule has 1 fully saturated rings. The maximum Gasteiger partial charge on any atom is 0.170 e. The number of halogens is 1. The number of piperidine rings is 1. The van der Waals surface area contributed by atoms with Gasteiger partial charge >= 0.3 is 0 Å². The molecule has 0 amide bonds. The summed E-state index contributed by atoms with van der Waals surface area (Å²) in [6.45, 7) is 4.11. The van der Waals surface area contributed by atoms with Crippen LogP contribution in [0.2, 0.25) is 0 Å². The molecular formula is C25H29FN3O3. The summed E-state index contributed by atoms with van der Waals surface area (Å²) in [7, 11) is 1.83. The zero-order chi connectivity index (χ0) is 22.3. The van der Waals surface area contributed by atoms with E-state index in [-0.39, 0.29) is 11.6 Å². The first kappa shape index (κ1) is 22.4. The molecule has 169 valence electrons. The Bertz CT molecular complexity index is 1040. The van der Waals surface area contributed by atoms with Crippen molar-refractivity contribution in [2.75, 3.05) is 39.8 Å². The molecule has 7 heteroatoms. The molecule has 1 aromatic heterocycles. The third-order valence-corrected chi connectivity index (χ3v) is 6.04. The van der Waals surface area contributed by atoms with Gasteiger partial charge in [0.25, 0.3) is 0 Å². The number of hydrogen-bond donors (Lipinski definition) is 1. The lowest BCUT2D eigenvalue weighted by molar-refractivity contribution is 0.0979. The lowest BCUT2D eigenvalue weighted by Gasteiger charge is -2.31. The molecule has 1 N–H and O–H groups in total. The van der Waals surface area contributed by atoms with Gasteiger partial charge in [0.15, 0.2) is 11.4 Å². The van der Waals surface area contributed by atoms with Crippen molar-refractivity contribution in [3.05, 3.63) is 59.5 Å². The number of hydrogen-bond acceptors (Lipinski definition) is 6. The van der Waals surface area contributed by atoms with Crippen LogP contribution in [0.5, 0.6) is 5.75 Å². The third-order valence-electron chi connectivity index (χ3n) is 6.04. The Labute approximate surface area is 187 Å². The van der Waals surface area contributed by atoms with Crippen LogP contribution in [-0.4, -0.2) is 55.7 Å². The van der Waals surface area contributed by atoms with E-state index in [0.29, 0.717) is 42.4 Å². The number of nitrogens with one attached hydrogen (secondary N) is 1. The molecule has 1 aliphatic rings. The molecule has 0 aliphatic carbocycles. The fourth-order valence-electron chi connectivity index (χ4n) is 4.26. The highest BCUT2D eigenvalue weighted by molar-refractivity contribution is 5.98. The van der Waals surface area contributed by atoms with E-state index in [0.717, 1.165) is 50.0 Å². The lowest BCUT2D eigenvalue weighted by Crippen LogP contribution is -2.34. The van der Waals surface area contributed by atoms with Crippen LogP contribution in [0.1, 0.15) is 47.7 Å². The molecule has 0 unspecified atom stereocenters. The molecule has 1 saturated heterocycles. The summed E-state index contributed by atoms with van der Waals surface area (Å²) < 4.78 is 24.6. The molecule has 0 saturated carbocycles. The molecule has 1 aliphatic heterocycles. The predicted molar refractivity (Wildman–Crippen MR) is 121 cm³/mol. The van der Waals surface area contributed by atoms with Crippen LogP contribution in [0.15, 0.2) is 40.9 Å². The maximum absolute atomic E-state index is 13.4. The highest BCUT2D eigenvalue weighted by Crippen LogP contribution is 2.32. The van der Waals surface area contributed by atoms with E-state index in [1.54, 1.807) is 18.2 Å². The van der Waals surface area contributed by atoms with Gasteiger partial charge < -0.3 is 19.5 Å². The Morgan fingerprint density at radius 1 is 1.34 bits per heavy atom. The summed E-state index contributed by atoms with van der Waals surface area (Å²) in [5.41, 5.74) is 2.06. The first-order chi connectivity index (χ1) is 15.7. The van der Waals surface area contributed by atoms with E-state index in [9.17, 15) is 9.18 Å². The van der Waals surface area contributed by atoms with E-state index < -0.39 is 0 Å². The average molecular weight is 439 g/mol. The van der Waals surface area contributed by atoms with Crippen LogP contribution in [0, 0.1) is 11.9 Å². The van der Waals surface area contributed by atoms with Gasteiger partial charge in [-0.1, -0.05) is 11.2 Å². The first-order valence-corrected chi connectivity index (χ1v) is 11.2. The number of aromatic nitrogens is 1. The van der Waals surface area contributed by atoms with Gasteiger partial charge in [-0.15, -0.1) is 0 Å². The van der Waals surface area contributed by atoms with Crippen molar-refractivity contribution < 1.29 is 18.4 Å². The normalized spacial score (nSPS) is 15.3. The van der Waals surface area contributed by atoms with Crippen molar-refractivity contribution in [1.29, 1.82) is 0 Å². The highest BCUT2D eigenvalue weighted by atomic mass is 19.1. The molecule has 1 radical (unpaired) electrons. The van der Waals surface area contributed by atoms with Crippen molar-refractivity contribution in [2.45, 2.75) is 31.6 Å². The van der Waals surface area contributed by atoms with Crippen LogP contribution in [0.3, 0.4) is 0 Å².